The highest BCUT2D eigenvalue weighted by molar-refractivity contribution is 5.73. The molecule has 5 rings (SSSR count). The molecule has 2 N–H and O–H groups in total. The van der Waals surface area contributed by atoms with E-state index < -0.39 is 0 Å². The number of piperidine rings is 2. The van der Waals surface area contributed by atoms with Gasteiger partial charge in [-0.25, -0.2) is 0 Å². The zero-order valence-electron chi connectivity index (χ0n) is 29.6. The quantitative estimate of drug-likeness (QED) is 0.282. The van der Waals surface area contributed by atoms with Crippen molar-refractivity contribution in [2.45, 2.75) is 192 Å². The van der Waals surface area contributed by atoms with E-state index in [-0.39, 0.29) is 58.1 Å². The lowest BCUT2D eigenvalue weighted by molar-refractivity contribution is -0.161. The summed E-state index contributed by atoms with van der Waals surface area (Å²) in [6.45, 7) is 17.7. The Kier molecular flexibility index (Phi) is 10.2. The van der Waals surface area contributed by atoms with Gasteiger partial charge in [0.25, 0.3) is 0 Å². The van der Waals surface area contributed by atoms with Crippen molar-refractivity contribution in [2.24, 2.45) is 35.5 Å². The highest BCUT2D eigenvalue weighted by atomic mass is 16.5. The van der Waals surface area contributed by atoms with Crippen LogP contribution in [0.5, 0.6) is 0 Å². The van der Waals surface area contributed by atoms with Gasteiger partial charge < -0.3 is 20.1 Å². The smallest absolute Gasteiger partial charge is 0.309 e. The minimum Gasteiger partial charge on any atom is -0.462 e. The van der Waals surface area contributed by atoms with Crippen molar-refractivity contribution in [3.05, 3.63) is 0 Å². The van der Waals surface area contributed by atoms with Crippen molar-refractivity contribution in [1.29, 1.82) is 0 Å². The Labute approximate surface area is 269 Å². The van der Waals surface area contributed by atoms with Crippen LogP contribution in [-0.4, -0.2) is 46.3 Å². The van der Waals surface area contributed by atoms with Crippen molar-refractivity contribution in [2.75, 3.05) is 0 Å². The van der Waals surface area contributed by atoms with Crippen molar-refractivity contribution >= 4 is 11.9 Å². The summed E-state index contributed by atoms with van der Waals surface area (Å²) in [7, 11) is 0. The van der Waals surface area contributed by atoms with Gasteiger partial charge in [0.2, 0.25) is 0 Å². The maximum atomic E-state index is 13.2. The second-order valence-electron chi connectivity index (χ2n) is 18.7. The molecule has 0 amide bonds. The number of carbonyl (C=O) groups is 2. The minimum absolute atomic E-state index is 0.00336. The van der Waals surface area contributed by atoms with Gasteiger partial charge >= 0.3 is 11.9 Å². The fraction of sp³-hybridized carbons (Fsp3) is 0.947. The van der Waals surface area contributed by atoms with Gasteiger partial charge in [-0.2, -0.15) is 0 Å². The lowest BCUT2D eigenvalue weighted by Gasteiger charge is -2.46. The molecule has 2 saturated heterocycles. The van der Waals surface area contributed by atoms with Gasteiger partial charge in [0.05, 0.1) is 11.8 Å². The fourth-order valence-corrected chi connectivity index (χ4v) is 10.8. The summed E-state index contributed by atoms with van der Waals surface area (Å²) in [5, 5.41) is 7.39. The molecule has 6 nitrogen and oxygen atoms in total. The molecule has 5 fully saturated rings. The van der Waals surface area contributed by atoms with E-state index in [1.165, 1.54) is 51.4 Å². The Morgan fingerprint density at radius 1 is 0.523 bits per heavy atom. The standard InChI is InChI=1S/C38H66N2O4/c1-35(2)21-31(22-36(3,4)39-35)43-33(41)27-14-11-25(12-15-27)9-10-26-13-16-29-20-30(18-17-28(29)19-26)34(42)44-32-23-37(5,6)40-38(7,8)24-32/h25-32,39-40H,9-24H2,1-8H3. The average molecular weight is 615 g/mol. The summed E-state index contributed by atoms with van der Waals surface area (Å²) in [5.41, 5.74) is -0.0149. The molecule has 6 heteroatoms. The third-order valence-corrected chi connectivity index (χ3v) is 12.1. The van der Waals surface area contributed by atoms with E-state index in [2.05, 4.69) is 66.0 Å². The Morgan fingerprint density at radius 2 is 0.909 bits per heavy atom. The summed E-state index contributed by atoms with van der Waals surface area (Å²) < 4.78 is 12.3. The monoisotopic (exact) mass is 615 g/mol. The van der Waals surface area contributed by atoms with E-state index in [4.69, 9.17) is 9.47 Å². The molecule has 3 saturated carbocycles. The molecule has 0 aromatic heterocycles. The lowest BCUT2D eigenvalue weighted by atomic mass is 9.64. The number of hydrogen-bond acceptors (Lipinski definition) is 6. The van der Waals surface area contributed by atoms with Gasteiger partial charge in [0.15, 0.2) is 0 Å². The Bertz CT molecular complexity index is 978. The summed E-state index contributed by atoms with van der Waals surface area (Å²) >= 11 is 0. The third-order valence-electron chi connectivity index (χ3n) is 12.1. The van der Waals surface area contributed by atoms with Crippen LogP contribution < -0.4 is 10.6 Å². The Hall–Kier alpha value is -1.14. The van der Waals surface area contributed by atoms with Crippen LogP contribution in [0.25, 0.3) is 0 Å². The zero-order valence-corrected chi connectivity index (χ0v) is 29.6. The van der Waals surface area contributed by atoms with E-state index in [0.29, 0.717) is 5.92 Å². The van der Waals surface area contributed by atoms with E-state index in [1.807, 2.05) is 0 Å². The molecule has 252 valence electrons. The largest absolute Gasteiger partial charge is 0.462 e. The molecular weight excluding hydrogens is 548 g/mol. The number of esters is 2. The highest BCUT2D eigenvalue weighted by Gasteiger charge is 2.43. The van der Waals surface area contributed by atoms with Gasteiger partial charge in [-0.15, -0.1) is 0 Å². The van der Waals surface area contributed by atoms with Crippen molar-refractivity contribution in [1.82, 2.24) is 10.6 Å². The molecule has 0 aromatic rings. The van der Waals surface area contributed by atoms with Crippen LogP contribution in [0.2, 0.25) is 0 Å². The molecule has 0 radical (unpaired) electrons. The molecule has 2 heterocycles. The van der Waals surface area contributed by atoms with Crippen LogP contribution >= 0.6 is 0 Å². The minimum atomic E-state index is -0.00411. The van der Waals surface area contributed by atoms with Gasteiger partial charge in [-0.1, -0.05) is 19.3 Å². The molecular formula is C38H66N2O4. The predicted molar refractivity (Wildman–Crippen MR) is 177 cm³/mol. The second kappa shape index (κ2) is 13.2. The Morgan fingerprint density at radius 3 is 1.43 bits per heavy atom. The van der Waals surface area contributed by atoms with Crippen LogP contribution in [-0.2, 0) is 19.1 Å². The van der Waals surface area contributed by atoms with Crippen molar-refractivity contribution < 1.29 is 19.1 Å². The number of fused-ring (bicyclic) bond motifs is 1. The average Bonchev–Trinajstić information content (AvgIpc) is 2.88. The first-order valence-corrected chi connectivity index (χ1v) is 18.5. The van der Waals surface area contributed by atoms with E-state index in [0.717, 1.165) is 69.1 Å². The SMILES string of the molecule is CC1(C)CC(OC(=O)C2CCC(CCC3CCC4CC(C(=O)OC5CC(C)(C)NC(C)(C)C5)CCC4C3)CC2)CC(C)(C)N1. The fourth-order valence-electron chi connectivity index (χ4n) is 10.8. The predicted octanol–water partition coefficient (Wildman–Crippen LogP) is 8.11. The number of ether oxygens (including phenoxy) is 2. The Balaban J connectivity index is 0.991. The van der Waals surface area contributed by atoms with Gasteiger partial charge in [-0.05, 0) is 137 Å². The normalized spacial score (nSPS) is 37.0. The molecule has 4 atom stereocenters. The van der Waals surface area contributed by atoms with Gasteiger partial charge in [0.1, 0.15) is 12.2 Å². The van der Waals surface area contributed by atoms with Gasteiger partial charge in [-0.3, -0.25) is 9.59 Å². The van der Waals surface area contributed by atoms with Crippen LogP contribution in [0.3, 0.4) is 0 Å². The van der Waals surface area contributed by atoms with E-state index in [1.54, 1.807) is 0 Å². The molecule has 2 aliphatic heterocycles. The van der Waals surface area contributed by atoms with Crippen molar-refractivity contribution in [3.8, 4) is 0 Å². The first-order valence-electron chi connectivity index (χ1n) is 18.5. The van der Waals surface area contributed by atoms with Gasteiger partial charge in [0, 0.05) is 47.8 Å². The third kappa shape index (κ3) is 9.23. The first-order chi connectivity index (χ1) is 20.5. The lowest BCUT2D eigenvalue weighted by Crippen LogP contribution is -2.60. The second-order valence-corrected chi connectivity index (χ2v) is 18.7. The van der Waals surface area contributed by atoms with E-state index in [9.17, 15) is 9.59 Å². The summed E-state index contributed by atoms with van der Waals surface area (Å²) in [6.07, 6.45) is 17.8. The molecule has 0 aromatic carbocycles. The summed E-state index contributed by atoms with van der Waals surface area (Å²) in [5.74, 6) is 3.44. The topological polar surface area (TPSA) is 76.7 Å². The first kappa shape index (κ1) is 34.2. The zero-order chi connectivity index (χ0) is 31.9. The highest BCUT2D eigenvalue weighted by Crippen LogP contribution is 2.47. The number of nitrogens with one attached hydrogen (secondary N) is 2. The van der Waals surface area contributed by atoms with Crippen LogP contribution in [0.4, 0.5) is 0 Å². The molecule has 3 aliphatic carbocycles. The molecule has 0 bridgehead atoms. The summed E-state index contributed by atoms with van der Waals surface area (Å²) in [6, 6.07) is 0. The van der Waals surface area contributed by atoms with E-state index >= 15 is 0 Å². The summed E-state index contributed by atoms with van der Waals surface area (Å²) in [4.78, 5) is 26.3. The number of rotatable bonds is 7. The molecule has 4 unspecified atom stereocenters. The number of hydrogen-bond donors (Lipinski definition) is 2. The maximum absolute atomic E-state index is 13.2. The molecule has 0 spiro atoms. The molecule has 44 heavy (non-hydrogen) atoms. The molecule has 5 aliphatic rings. The van der Waals surface area contributed by atoms with Crippen molar-refractivity contribution in [3.63, 3.8) is 0 Å². The number of carbonyl (C=O) groups excluding carboxylic acids is 2. The van der Waals surface area contributed by atoms with Crippen LogP contribution in [0.1, 0.15) is 158 Å². The van der Waals surface area contributed by atoms with Crippen LogP contribution in [0, 0.1) is 35.5 Å². The van der Waals surface area contributed by atoms with Crippen LogP contribution in [0.15, 0.2) is 0 Å². The maximum Gasteiger partial charge on any atom is 0.309 e.